The summed E-state index contributed by atoms with van der Waals surface area (Å²) < 4.78 is 51.8. The molecule has 1 aromatic carbocycles. The van der Waals surface area contributed by atoms with Crippen LogP contribution < -0.4 is 10.9 Å². The molecule has 3 aromatic rings. The molecule has 0 aliphatic carbocycles. The number of pyridine rings is 1. The molecule has 1 fully saturated rings. The largest absolute Gasteiger partial charge is 0.397 e. The highest BCUT2D eigenvalue weighted by Crippen LogP contribution is 2.41. The summed E-state index contributed by atoms with van der Waals surface area (Å²) in [7, 11) is -6.74. The molecule has 14 heteroatoms. The van der Waals surface area contributed by atoms with E-state index in [2.05, 4.69) is 25.6 Å². The summed E-state index contributed by atoms with van der Waals surface area (Å²) in [6.45, 7) is 0.565. The van der Waals surface area contributed by atoms with Crippen molar-refractivity contribution in [1.82, 2.24) is 30.5 Å². The van der Waals surface area contributed by atoms with Gasteiger partial charge in [-0.25, -0.2) is 27.1 Å². The Labute approximate surface area is 172 Å². The van der Waals surface area contributed by atoms with Crippen LogP contribution in [0.3, 0.4) is 0 Å². The van der Waals surface area contributed by atoms with Gasteiger partial charge in [-0.1, -0.05) is 6.07 Å². The predicted molar refractivity (Wildman–Crippen MR) is 107 cm³/mol. The number of H-pyrrole nitrogens is 1. The molecule has 0 atom stereocenters. The number of rotatable bonds is 5. The van der Waals surface area contributed by atoms with E-state index in [1.54, 1.807) is 13.1 Å². The van der Waals surface area contributed by atoms with E-state index in [0.717, 1.165) is 0 Å². The second-order valence-electron chi connectivity index (χ2n) is 6.96. The summed E-state index contributed by atoms with van der Waals surface area (Å²) in [5, 5.41) is 18.0. The molecule has 0 spiro atoms. The van der Waals surface area contributed by atoms with Crippen molar-refractivity contribution in [3.05, 3.63) is 30.6 Å². The van der Waals surface area contributed by atoms with Gasteiger partial charge >= 0.3 is 0 Å². The highest BCUT2D eigenvalue weighted by Gasteiger charge is 2.40. The van der Waals surface area contributed by atoms with Crippen LogP contribution in [0.1, 0.15) is 0 Å². The van der Waals surface area contributed by atoms with E-state index in [1.807, 2.05) is 4.90 Å². The minimum atomic E-state index is -4.51. The summed E-state index contributed by atoms with van der Waals surface area (Å²) in [6.07, 6.45) is 2.86. The number of anilines is 1. The number of nitrogens with one attached hydrogen (secondary N) is 1. The van der Waals surface area contributed by atoms with E-state index in [0.29, 0.717) is 11.1 Å². The average molecular weight is 451 g/mol. The van der Waals surface area contributed by atoms with E-state index in [4.69, 9.17) is 10.9 Å². The zero-order valence-electron chi connectivity index (χ0n) is 15.7. The van der Waals surface area contributed by atoms with Gasteiger partial charge in [0.05, 0.1) is 22.0 Å². The topological polar surface area (TPSA) is 191 Å². The van der Waals surface area contributed by atoms with Crippen LogP contribution in [0.15, 0.2) is 40.4 Å². The molecule has 0 amide bonds. The van der Waals surface area contributed by atoms with Gasteiger partial charge in [-0.3, -0.25) is 4.98 Å². The number of likely N-dealkylation sites (tertiary alicyclic amines) is 1. The number of hydrogen-bond acceptors (Lipinski definition) is 10. The van der Waals surface area contributed by atoms with E-state index in [-0.39, 0.29) is 30.2 Å². The minimum Gasteiger partial charge on any atom is -0.397 e. The van der Waals surface area contributed by atoms with Crippen molar-refractivity contribution >= 4 is 25.5 Å². The van der Waals surface area contributed by atoms with Gasteiger partial charge in [0, 0.05) is 30.4 Å². The van der Waals surface area contributed by atoms with E-state index in [9.17, 15) is 16.8 Å². The van der Waals surface area contributed by atoms with Crippen LogP contribution >= 0.6 is 0 Å². The lowest BCUT2D eigenvalue weighted by atomic mass is 9.99. The summed E-state index contributed by atoms with van der Waals surface area (Å²) in [6, 6.07) is 4.27. The van der Waals surface area contributed by atoms with Crippen molar-refractivity contribution < 1.29 is 16.8 Å². The first-order valence-electron chi connectivity index (χ1n) is 8.67. The Bertz CT molecular complexity index is 1320. The van der Waals surface area contributed by atoms with Gasteiger partial charge in [-0.2, -0.15) is 0 Å². The van der Waals surface area contributed by atoms with Crippen molar-refractivity contribution in [2.45, 2.75) is 15.0 Å². The van der Waals surface area contributed by atoms with Crippen LogP contribution in [0.25, 0.3) is 22.5 Å². The SMILES string of the molecule is CN1CC(S(=O)(=O)c2ccc(-c3ccncc3N)c(-c3nnn[nH]3)c2S(N)(=O)=O)C1. The van der Waals surface area contributed by atoms with Crippen molar-refractivity contribution in [2.24, 2.45) is 5.14 Å². The fourth-order valence-electron chi connectivity index (χ4n) is 3.46. The fourth-order valence-corrected chi connectivity index (χ4v) is 6.88. The number of sulfone groups is 1. The lowest BCUT2D eigenvalue weighted by molar-refractivity contribution is 0.231. The smallest absolute Gasteiger partial charge is 0.240 e. The second-order valence-corrected chi connectivity index (χ2v) is 10.7. The van der Waals surface area contributed by atoms with Crippen LogP contribution in [0, 0.1) is 0 Å². The van der Waals surface area contributed by atoms with E-state index in [1.165, 1.54) is 24.5 Å². The maximum absolute atomic E-state index is 13.2. The number of nitrogens with two attached hydrogens (primary N) is 2. The van der Waals surface area contributed by atoms with Crippen LogP contribution in [-0.2, 0) is 19.9 Å². The number of sulfonamides is 1. The molecule has 0 unspecified atom stereocenters. The van der Waals surface area contributed by atoms with E-state index < -0.39 is 34.9 Å². The zero-order chi connectivity index (χ0) is 21.7. The Kier molecular flexibility index (Phi) is 4.80. The number of primary sulfonamides is 1. The standard InChI is InChI=1S/C16H18N8O4S2/c1-24-7-9(8-24)29(25,26)13-3-2-11(10-4-5-19-6-12(10)17)14(15(13)30(18,27)28)16-20-22-23-21-16/h2-6,9H,7-8,17H2,1H3,(H2,18,27,28)(H,20,21,22,23). The monoisotopic (exact) mass is 450 g/mol. The Morgan fingerprint density at radius 2 is 1.87 bits per heavy atom. The van der Waals surface area contributed by atoms with Crippen LogP contribution in [0.4, 0.5) is 5.69 Å². The molecule has 1 aliphatic rings. The second kappa shape index (κ2) is 7.09. The van der Waals surface area contributed by atoms with Crippen molar-refractivity contribution in [2.75, 3.05) is 25.9 Å². The molecule has 12 nitrogen and oxygen atoms in total. The summed E-state index contributed by atoms with van der Waals surface area (Å²) in [4.78, 5) is 4.76. The number of hydrogen-bond donors (Lipinski definition) is 3. The summed E-state index contributed by atoms with van der Waals surface area (Å²) in [5.74, 6) is -0.0620. The third kappa shape index (κ3) is 3.32. The number of benzene rings is 1. The third-order valence-corrected chi connectivity index (χ3v) is 8.16. The quantitative estimate of drug-likeness (QED) is 0.445. The molecule has 158 valence electrons. The molecule has 30 heavy (non-hydrogen) atoms. The molecule has 0 bridgehead atoms. The number of nitrogens with zero attached hydrogens (tertiary/aromatic N) is 5. The molecule has 5 N–H and O–H groups in total. The molecule has 2 aromatic heterocycles. The minimum absolute atomic E-state index is 0.0620. The van der Waals surface area contributed by atoms with Gasteiger partial charge in [-0.15, -0.1) is 5.10 Å². The Morgan fingerprint density at radius 3 is 2.43 bits per heavy atom. The van der Waals surface area contributed by atoms with Gasteiger partial charge in [0.15, 0.2) is 15.7 Å². The lowest BCUT2D eigenvalue weighted by Crippen LogP contribution is -2.52. The molecule has 1 aliphatic heterocycles. The van der Waals surface area contributed by atoms with Gasteiger partial charge < -0.3 is 10.6 Å². The normalized spacial score (nSPS) is 15.8. The molecular formula is C16H18N8O4S2. The first-order chi connectivity index (χ1) is 14.1. The first kappa shape index (κ1) is 20.3. The third-order valence-electron chi connectivity index (χ3n) is 4.91. The number of tetrazole rings is 1. The van der Waals surface area contributed by atoms with Crippen molar-refractivity contribution in [3.8, 4) is 22.5 Å². The van der Waals surface area contributed by atoms with Crippen molar-refractivity contribution in [1.29, 1.82) is 0 Å². The molecule has 0 saturated carbocycles. The highest BCUT2D eigenvalue weighted by atomic mass is 32.2. The fraction of sp³-hybridized carbons (Fsp3) is 0.250. The summed E-state index contributed by atoms with van der Waals surface area (Å²) in [5.41, 5.74) is 6.92. The Morgan fingerprint density at radius 1 is 1.13 bits per heavy atom. The van der Waals surface area contributed by atoms with Crippen LogP contribution in [0.5, 0.6) is 0 Å². The summed E-state index contributed by atoms with van der Waals surface area (Å²) >= 11 is 0. The lowest BCUT2D eigenvalue weighted by Gasteiger charge is -2.35. The highest BCUT2D eigenvalue weighted by molar-refractivity contribution is 7.94. The van der Waals surface area contributed by atoms with Crippen molar-refractivity contribution in [3.63, 3.8) is 0 Å². The Balaban J connectivity index is 2.09. The molecule has 1 saturated heterocycles. The van der Waals surface area contributed by atoms with Crippen LogP contribution in [-0.4, -0.2) is 72.7 Å². The molecular weight excluding hydrogens is 432 g/mol. The maximum Gasteiger partial charge on any atom is 0.240 e. The first-order valence-corrected chi connectivity index (χ1v) is 11.8. The predicted octanol–water partition coefficient (Wildman–Crippen LogP) is -0.754. The number of nitrogen functional groups attached to an aromatic ring is 1. The Hall–Kier alpha value is -2.94. The van der Waals surface area contributed by atoms with Gasteiger partial charge in [0.2, 0.25) is 10.0 Å². The average Bonchev–Trinajstić information content (AvgIpc) is 3.18. The van der Waals surface area contributed by atoms with Gasteiger partial charge in [-0.05, 0) is 35.2 Å². The van der Waals surface area contributed by atoms with Gasteiger partial charge in [0.1, 0.15) is 4.90 Å². The van der Waals surface area contributed by atoms with Gasteiger partial charge in [0.25, 0.3) is 0 Å². The number of aromatic nitrogens is 5. The molecule has 0 radical (unpaired) electrons. The zero-order valence-corrected chi connectivity index (χ0v) is 17.4. The number of aromatic amines is 1. The van der Waals surface area contributed by atoms with Crippen LogP contribution in [0.2, 0.25) is 0 Å². The molecule has 3 heterocycles. The molecule has 4 rings (SSSR count). The van der Waals surface area contributed by atoms with E-state index >= 15 is 0 Å². The maximum atomic E-state index is 13.2.